The van der Waals surface area contributed by atoms with Gasteiger partial charge in [0.2, 0.25) is 10.1 Å². The fraction of sp³-hybridized carbons (Fsp3) is 0.167. The van der Waals surface area contributed by atoms with Crippen LogP contribution in [0.5, 0.6) is 5.75 Å². The van der Waals surface area contributed by atoms with Crippen LogP contribution in [0.15, 0.2) is 29.1 Å². The predicted octanol–water partition coefficient (Wildman–Crippen LogP) is 1.19. The third-order valence-corrected chi connectivity index (χ3v) is 3.37. The van der Waals surface area contributed by atoms with Gasteiger partial charge in [-0.05, 0) is 31.2 Å². The summed E-state index contributed by atoms with van der Waals surface area (Å²) in [5.41, 5.74) is 6.12. The highest BCUT2D eigenvalue weighted by Crippen LogP contribution is 2.19. The number of benzene rings is 1. The monoisotopic (exact) mass is 289 g/mol. The lowest BCUT2D eigenvalue weighted by molar-refractivity contribution is 0.340. The Morgan fingerprint density at radius 2 is 2.05 bits per heavy atom. The molecule has 0 spiro atoms. The molecule has 0 unspecified atom stereocenters. The lowest BCUT2D eigenvalue weighted by Gasteiger charge is -2.03. The first-order valence-electron chi connectivity index (χ1n) is 5.94. The Kier molecular flexibility index (Phi) is 3.07. The number of fused-ring (bicyclic) bond motifs is 1. The number of nitrogen functional groups attached to an aromatic ring is 1. The molecule has 2 aromatic heterocycles. The topological polar surface area (TPSA) is 95.4 Å². The van der Waals surface area contributed by atoms with E-state index < -0.39 is 0 Å². The van der Waals surface area contributed by atoms with Crippen LogP contribution in [0.1, 0.15) is 6.92 Å². The second kappa shape index (κ2) is 4.89. The highest BCUT2D eigenvalue weighted by atomic mass is 32.1. The van der Waals surface area contributed by atoms with Crippen molar-refractivity contribution >= 4 is 21.4 Å². The van der Waals surface area contributed by atoms with Crippen LogP contribution >= 0.6 is 11.3 Å². The molecule has 0 amide bonds. The molecule has 8 heteroatoms. The fourth-order valence-corrected chi connectivity index (χ4v) is 2.39. The minimum Gasteiger partial charge on any atom is -0.494 e. The molecule has 2 N–H and O–H groups in total. The zero-order valence-electron chi connectivity index (χ0n) is 10.6. The number of rotatable bonds is 3. The van der Waals surface area contributed by atoms with Crippen LogP contribution < -0.4 is 16.0 Å². The van der Waals surface area contributed by atoms with E-state index in [4.69, 9.17) is 10.5 Å². The Morgan fingerprint density at radius 3 is 2.75 bits per heavy atom. The molecule has 3 rings (SSSR count). The van der Waals surface area contributed by atoms with Crippen LogP contribution in [0.2, 0.25) is 0 Å². The van der Waals surface area contributed by atoms with E-state index in [0.717, 1.165) is 17.1 Å². The van der Waals surface area contributed by atoms with E-state index in [9.17, 15) is 4.79 Å². The maximum atomic E-state index is 12.3. The summed E-state index contributed by atoms with van der Waals surface area (Å²) < 4.78 is 6.52. The van der Waals surface area contributed by atoms with Gasteiger partial charge in [-0.25, -0.2) is 0 Å². The molecule has 7 nitrogen and oxygen atoms in total. The second-order valence-corrected chi connectivity index (χ2v) is 4.93. The number of hydrogen-bond acceptors (Lipinski definition) is 7. The summed E-state index contributed by atoms with van der Waals surface area (Å²) in [6.45, 7) is 2.50. The van der Waals surface area contributed by atoms with E-state index in [1.807, 2.05) is 6.92 Å². The highest BCUT2D eigenvalue weighted by molar-refractivity contribution is 7.20. The number of nitrogens with zero attached hydrogens (tertiary/aromatic N) is 4. The first-order valence-corrected chi connectivity index (χ1v) is 6.76. The lowest BCUT2D eigenvalue weighted by atomic mass is 10.1. The van der Waals surface area contributed by atoms with Crippen LogP contribution in [-0.2, 0) is 0 Å². The van der Waals surface area contributed by atoms with Gasteiger partial charge in [-0.1, -0.05) is 11.3 Å². The van der Waals surface area contributed by atoms with Gasteiger partial charge in [0.1, 0.15) is 5.75 Å². The summed E-state index contributed by atoms with van der Waals surface area (Å²) in [4.78, 5) is 12.6. The molecule has 0 aliphatic rings. The maximum Gasteiger partial charge on any atom is 0.302 e. The molecule has 0 aliphatic heterocycles. The molecular formula is C12H11N5O2S. The van der Waals surface area contributed by atoms with Gasteiger partial charge in [0, 0.05) is 5.56 Å². The molecule has 1 aromatic carbocycles. The van der Waals surface area contributed by atoms with Gasteiger partial charge < -0.3 is 10.5 Å². The van der Waals surface area contributed by atoms with Gasteiger partial charge in [-0.15, -0.1) is 15.3 Å². The van der Waals surface area contributed by atoms with Crippen molar-refractivity contribution in [1.29, 1.82) is 0 Å². The van der Waals surface area contributed by atoms with E-state index >= 15 is 0 Å². The summed E-state index contributed by atoms with van der Waals surface area (Å²) >= 11 is 1.12. The van der Waals surface area contributed by atoms with Gasteiger partial charge in [-0.2, -0.15) is 4.52 Å². The van der Waals surface area contributed by atoms with E-state index in [0.29, 0.717) is 17.1 Å². The summed E-state index contributed by atoms with van der Waals surface area (Å²) in [6, 6.07) is 7.09. The second-order valence-electron chi connectivity index (χ2n) is 3.95. The normalized spacial score (nSPS) is 10.8. The van der Waals surface area contributed by atoms with Gasteiger partial charge >= 0.3 is 5.56 Å². The minimum atomic E-state index is -0.341. The van der Waals surface area contributed by atoms with Crippen molar-refractivity contribution in [3.05, 3.63) is 34.6 Å². The SMILES string of the molecule is CCOc1ccc(-c2nnc3sc(N)nn3c2=O)cc1. The van der Waals surface area contributed by atoms with Gasteiger partial charge in [0.15, 0.2) is 5.69 Å². The van der Waals surface area contributed by atoms with E-state index in [1.165, 1.54) is 4.52 Å². The fourth-order valence-electron chi connectivity index (χ4n) is 1.79. The smallest absolute Gasteiger partial charge is 0.302 e. The van der Waals surface area contributed by atoms with Crippen molar-refractivity contribution < 1.29 is 4.74 Å². The van der Waals surface area contributed by atoms with Crippen molar-refractivity contribution in [3.63, 3.8) is 0 Å². The Bertz CT molecular complexity index is 809. The van der Waals surface area contributed by atoms with Crippen molar-refractivity contribution in [2.24, 2.45) is 0 Å². The summed E-state index contributed by atoms with van der Waals surface area (Å²) in [6.07, 6.45) is 0. The number of ether oxygens (including phenoxy) is 1. The van der Waals surface area contributed by atoms with Crippen molar-refractivity contribution in [2.75, 3.05) is 12.3 Å². The van der Waals surface area contributed by atoms with Crippen molar-refractivity contribution in [2.45, 2.75) is 6.92 Å². The zero-order chi connectivity index (χ0) is 14.1. The molecule has 0 saturated carbocycles. The summed E-state index contributed by atoms with van der Waals surface area (Å²) in [5.74, 6) is 0.739. The minimum absolute atomic E-state index is 0.232. The molecule has 20 heavy (non-hydrogen) atoms. The van der Waals surface area contributed by atoms with Crippen LogP contribution in [0.25, 0.3) is 16.2 Å². The summed E-state index contributed by atoms with van der Waals surface area (Å²) in [5, 5.41) is 12.1. The average molecular weight is 289 g/mol. The molecule has 102 valence electrons. The predicted molar refractivity (Wildman–Crippen MR) is 75.9 cm³/mol. The van der Waals surface area contributed by atoms with Crippen LogP contribution in [0.4, 0.5) is 5.13 Å². The zero-order valence-corrected chi connectivity index (χ0v) is 11.4. The van der Waals surface area contributed by atoms with Crippen LogP contribution in [0, 0.1) is 0 Å². The van der Waals surface area contributed by atoms with Gasteiger partial charge in [0.05, 0.1) is 6.61 Å². The Morgan fingerprint density at radius 1 is 1.30 bits per heavy atom. The van der Waals surface area contributed by atoms with Crippen LogP contribution in [0.3, 0.4) is 0 Å². The third kappa shape index (κ3) is 2.10. The standard InChI is InChI=1S/C12H11N5O2S/c1-2-19-8-5-3-7(4-6-8)9-10(18)17-12(15-14-9)20-11(13)16-17/h3-6H,2H2,1H3,(H2,13,16). The van der Waals surface area contributed by atoms with E-state index in [-0.39, 0.29) is 16.4 Å². The lowest BCUT2D eigenvalue weighted by Crippen LogP contribution is -2.19. The van der Waals surface area contributed by atoms with Crippen molar-refractivity contribution in [1.82, 2.24) is 19.8 Å². The molecule has 0 aliphatic carbocycles. The molecule has 0 radical (unpaired) electrons. The Hall–Kier alpha value is -2.48. The molecule has 3 aromatic rings. The number of nitrogens with two attached hydrogens (primary N) is 1. The highest BCUT2D eigenvalue weighted by Gasteiger charge is 2.12. The van der Waals surface area contributed by atoms with E-state index in [2.05, 4.69) is 15.3 Å². The van der Waals surface area contributed by atoms with Gasteiger partial charge in [0.25, 0.3) is 0 Å². The average Bonchev–Trinajstić information content (AvgIpc) is 2.82. The first-order chi connectivity index (χ1) is 9.69. The molecule has 2 heterocycles. The summed E-state index contributed by atoms with van der Waals surface area (Å²) in [7, 11) is 0. The Labute approximate surface area is 117 Å². The number of aromatic nitrogens is 4. The van der Waals surface area contributed by atoms with Gasteiger partial charge in [-0.3, -0.25) is 4.79 Å². The molecular weight excluding hydrogens is 278 g/mol. The Balaban J connectivity index is 2.09. The third-order valence-electron chi connectivity index (χ3n) is 2.64. The first kappa shape index (κ1) is 12.5. The molecule has 0 atom stereocenters. The quantitative estimate of drug-likeness (QED) is 0.778. The molecule has 0 fully saturated rings. The van der Waals surface area contributed by atoms with Crippen LogP contribution in [-0.4, -0.2) is 26.4 Å². The molecule has 0 bridgehead atoms. The largest absolute Gasteiger partial charge is 0.494 e. The number of anilines is 1. The van der Waals surface area contributed by atoms with E-state index in [1.54, 1.807) is 24.3 Å². The maximum absolute atomic E-state index is 12.3. The van der Waals surface area contributed by atoms with Crippen molar-refractivity contribution in [3.8, 4) is 17.0 Å². The molecule has 0 saturated heterocycles. The number of hydrogen-bond donors (Lipinski definition) is 1.